The average molecular weight is 290 g/mol. The molecule has 1 aromatic carbocycles. The lowest BCUT2D eigenvalue weighted by atomic mass is 10.2. The Hall–Kier alpha value is -2.08. The molecule has 0 bridgehead atoms. The van der Waals surface area contributed by atoms with Crippen molar-refractivity contribution in [3.8, 4) is 0 Å². The first kappa shape index (κ1) is 12.9. The van der Waals surface area contributed by atoms with Crippen LogP contribution in [-0.2, 0) is 9.84 Å². The highest BCUT2D eigenvalue weighted by atomic mass is 32.2. The molecule has 0 saturated heterocycles. The molecular weight excluding hydrogens is 276 g/mol. The second kappa shape index (κ2) is 4.79. The van der Waals surface area contributed by atoms with Crippen LogP contribution < -0.4 is 5.32 Å². The molecule has 6 heteroatoms. The molecule has 2 heterocycles. The predicted molar refractivity (Wildman–Crippen MR) is 74.7 cm³/mol. The summed E-state index contributed by atoms with van der Waals surface area (Å²) in [6, 6.07) is 9.78. The summed E-state index contributed by atoms with van der Waals surface area (Å²) >= 11 is 0. The van der Waals surface area contributed by atoms with Gasteiger partial charge >= 0.3 is 0 Å². The molecule has 0 aliphatic carbocycles. The number of amidine groups is 1. The normalized spacial score (nSPS) is 14.9. The molecule has 1 N–H and O–H groups in total. The molecule has 1 aliphatic rings. The number of benzene rings is 1. The minimum atomic E-state index is -3.61. The van der Waals surface area contributed by atoms with Gasteiger partial charge in [-0.15, -0.1) is 0 Å². The van der Waals surface area contributed by atoms with Crippen LogP contribution in [0.1, 0.15) is 11.3 Å². The molecule has 20 heavy (non-hydrogen) atoms. The minimum Gasteiger partial charge on any atom is -0.441 e. The highest BCUT2D eigenvalue weighted by Gasteiger charge is 2.23. The first-order chi connectivity index (χ1) is 9.57. The van der Waals surface area contributed by atoms with Gasteiger partial charge in [0.2, 0.25) is 14.9 Å². The van der Waals surface area contributed by atoms with Crippen molar-refractivity contribution in [1.82, 2.24) is 5.32 Å². The van der Waals surface area contributed by atoms with Crippen LogP contribution in [-0.4, -0.2) is 27.3 Å². The maximum atomic E-state index is 12.4. The van der Waals surface area contributed by atoms with Crippen molar-refractivity contribution in [1.29, 1.82) is 0 Å². The van der Waals surface area contributed by atoms with Crippen molar-refractivity contribution in [2.75, 3.05) is 13.1 Å². The summed E-state index contributed by atoms with van der Waals surface area (Å²) < 4.78 is 30.3. The standard InChI is InChI=1S/C14H14N2O3S/c1-10-2-4-11(5-3-10)20(17,18)13-7-6-12(19-13)14-15-8-9-16-14/h2-7H,8-9H2,1H3,(H,15,16). The Kier molecular flexibility index (Phi) is 3.10. The van der Waals surface area contributed by atoms with Gasteiger partial charge in [-0.05, 0) is 31.2 Å². The van der Waals surface area contributed by atoms with Gasteiger partial charge in [0.05, 0.1) is 11.4 Å². The third-order valence-corrected chi connectivity index (χ3v) is 4.73. The van der Waals surface area contributed by atoms with Gasteiger partial charge in [-0.25, -0.2) is 8.42 Å². The Labute approximate surface area is 117 Å². The number of sulfone groups is 1. The first-order valence-electron chi connectivity index (χ1n) is 6.28. The highest BCUT2D eigenvalue weighted by molar-refractivity contribution is 7.91. The molecule has 0 atom stereocenters. The molecule has 0 unspecified atom stereocenters. The minimum absolute atomic E-state index is 0.0623. The molecular formula is C14H14N2O3S. The zero-order valence-corrected chi connectivity index (χ0v) is 11.8. The van der Waals surface area contributed by atoms with E-state index in [2.05, 4.69) is 10.3 Å². The van der Waals surface area contributed by atoms with Crippen LogP contribution >= 0.6 is 0 Å². The zero-order chi connectivity index (χ0) is 14.2. The van der Waals surface area contributed by atoms with Crippen LogP contribution in [0.25, 0.3) is 0 Å². The Morgan fingerprint density at radius 1 is 1.15 bits per heavy atom. The quantitative estimate of drug-likeness (QED) is 0.935. The largest absolute Gasteiger partial charge is 0.441 e. The first-order valence-corrected chi connectivity index (χ1v) is 7.76. The molecule has 0 fully saturated rings. The Bertz CT molecular complexity index is 758. The fourth-order valence-electron chi connectivity index (χ4n) is 1.99. The van der Waals surface area contributed by atoms with Crippen LogP contribution in [0, 0.1) is 6.92 Å². The summed E-state index contributed by atoms with van der Waals surface area (Å²) in [6.45, 7) is 3.33. The Morgan fingerprint density at radius 3 is 2.55 bits per heavy atom. The van der Waals surface area contributed by atoms with Gasteiger partial charge in [0, 0.05) is 6.54 Å². The van der Waals surface area contributed by atoms with Gasteiger partial charge in [0.1, 0.15) is 0 Å². The van der Waals surface area contributed by atoms with Crippen LogP contribution in [0.2, 0.25) is 0 Å². The zero-order valence-electron chi connectivity index (χ0n) is 11.0. The predicted octanol–water partition coefficient (Wildman–Crippen LogP) is 1.77. The number of nitrogens with zero attached hydrogens (tertiary/aromatic N) is 1. The second-order valence-electron chi connectivity index (χ2n) is 4.59. The van der Waals surface area contributed by atoms with Gasteiger partial charge < -0.3 is 9.73 Å². The monoisotopic (exact) mass is 290 g/mol. The van der Waals surface area contributed by atoms with E-state index in [1.54, 1.807) is 30.3 Å². The third-order valence-electron chi connectivity index (χ3n) is 3.09. The van der Waals surface area contributed by atoms with E-state index in [-0.39, 0.29) is 9.99 Å². The van der Waals surface area contributed by atoms with Crippen molar-refractivity contribution in [2.24, 2.45) is 4.99 Å². The molecule has 0 radical (unpaired) electrons. The Morgan fingerprint density at radius 2 is 1.90 bits per heavy atom. The summed E-state index contributed by atoms with van der Waals surface area (Å²) in [5.41, 5.74) is 1.01. The molecule has 5 nitrogen and oxygen atoms in total. The van der Waals surface area contributed by atoms with Crippen molar-refractivity contribution in [2.45, 2.75) is 16.9 Å². The van der Waals surface area contributed by atoms with Gasteiger partial charge in [-0.2, -0.15) is 0 Å². The lowest BCUT2D eigenvalue weighted by Gasteiger charge is -2.02. The van der Waals surface area contributed by atoms with Crippen LogP contribution in [0.3, 0.4) is 0 Å². The Balaban J connectivity index is 1.97. The number of rotatable bonds is 3. The lowest BCUT2D eigenvalue weighted by molar-refractivity contribution is 0.443. The van der Waals surface area contributed by atoms with Gasteiger partial charge in [0.15, 0.2) is 11.6 Å². The molecule has 1 aromatic heterocycles. The summed E-state index contributed by atoms with van der Waals surface area (Å²) in [5, 5.41) is 2.98. The van der Waals surface area contributed by atoms with E-state index < -0.39 is 9.84 Å². The number of furan rings is 1. The number of hydrogen-bond acceptors (Lipinski definition) is 5. The van der Waals surface area contributed by atoms with E-state index in [1.165, 1.54) is 6.07 Å². The van der Waals surface area contributed by atoms with Crippen LogP contribution in [0.5, 0.6) is 0 Å². The topological polar surface area (TPSA) is 71.7 Å². The second-order valence-corrected chi connectivity index (χ2v) is 6.47. The molecule has 2 aromatic rings. The molecule has 104 valence electrons. The van der Waals surface area contributed by atoms with Crippen molar-refractivity contribution in [3.63, 3.8) is 0 Å². The van der Waals surface area contributed by atoms with Gasteiger partial charge in [-0.1, -0.05) is 17.7 Å². The van der Waals surface area contributed by atoms with E-state index in [1.807, 2.05) is 6.92 Å². The number of nitrogens with one attached hydrogen (secondary N) is 1. The summed E-state index contributed by atoms with van der Waals surface area (Å²) in [6.07, 6.45) is 0. The third kappa shape index (κ3) is 2.22. The van der Waals surface area contributed by atoms with E-state index in [0.29, 0.717) is 18.1 Å². The number of aliphatic imine (C=N–C) groups is 1. The van der Waals surface area contributed by atoms with E-state index >= 15 is 0 Å². The summed E-state index contributed by atoms with van der Waals surface area (Å²) in [5.74, 6) is 1.06. The van der Waals surface area contributed by atoms with Crippen molar-refractivity contribution < 1.29 is 12.8 Å². The molecule has 0 amide bonds. The fraction of sp³-hybridized carbons (Fsp3) is 0.214. The molecule has 0 saturated carbocycles. The summed E-state index contributed by atoms with van der Waals surface area (Å²) in [7, 11) is -3.61. The summed E-state index contributed by atoms with van der Waals surface area (Å²) in [4.78, 5) is 4.43. The van der Waals surface area contributed by atoms with Gasteiger partial charge in [0.25, 0.3) is 0 Å². The maximum absolute atomic E-state index is 12.4. The van der Waals surface area contributed by atoms with E-state index in [9.17, 15) is 8.42 Å². The smallest absolute Gasteiger partial charge is 0.239 e. The SMILES string of the molecule is Cc1ccc(S(=O)(=O)c2ccc(C3=NCCN3)o2)cc1. The van der Waals surface area contributed by atoms with E-state index in [4.69, 9.17) is 4.42 Å². The van der Waals surface area contributed by atoms with Crippen LogP contribution in [0.15, 0.2) is 55.8 Å². The lowest BCUT2D eigenvalue weighted by Crippen LogP contribution is -2.18. The van der Waals surface area contributed by atoms with Gasteiger partial charge in [-0.3, -0.25) is 4.99 Å². The average Bonchev–Trinajstić information content (AvgIpc) is 3.10. The highest BCUT2D eigenvalue weighted by Crippen LogP contribution is 2.23. The van der Waals surface area contributed by atoms with E-state index in [0.717, 1.165) is 12.1 Å². The fourth-order valence-corrected chi connectivity index (χ4v) is 3.16. The van der Waals surface area contributed by atoms with Crippen molar-refractivity contribution >= 4 is 15.7 Å². The molecule has 0 spiro atoms. The molecule has 3 rings (SSSR count). The number of hydrogen-bond donors (Lipinski definition) is 1. The van der Waals surface area contributed by atoms with Crippen LogP contribution in [0.4, 0.5) is 0 Å². The maximum Gasteiger partial charge on any atom is 0.239 e. The van der Waals surface area contributed by atoms with Crippen molar-refractivity contribution in [3.05, 3.63) is 47.7 Å². The number of aryl methyl sites for hydroxylation is 1. The molecule has 1 aliphatic heterocycles.